The molecule has 1 aromatic heterocycles. The van der Waals surface area contributed by atoms with Crippen molar-refractivity contribution in [2.24, 2.45) is 0 Å². The van der Waals surface area contributed by atoms with E-state index in [1.54, 1.807) is 0 Å². The Balaban J connectivity index is 1.99. The lowest BCUT2D eigenvalue weighted by Crippen LogP contribution is -2.30. The van der Waals surface area contributed by atoms with Crippen LogP contribution in [0, 0.1) is 0 Å². The first-order valence-corrected chi connectivity index (χ1v) is 7.59. The summed E-state index contributed by atoms with van der Waals surface area (Å²) in [5, 5.41) is 3.43. The Morgan fingerprint density at radius 3 is 3.00 bits per heavy atom. The van der Waals surface area contributed by atoms with Gasteiger partial charge in [-0.3, -0.25) is 0 Å². The van der Waals surface area contributed by atoms with E-state index in [2.05, 4.69) is 30.7 Å². The zero-order valence-corrected chi connectivity index (χ0v) is 12.3. The van der Waals surface area contributed by atoms with Crippen LogP contribution in [0.15, 0.2) is 0 Å². The topological polar surface area (TPSA) is 39.1 Å². The van der Waals surface area contributed by atoms with Gasteiger partial charge in [0, 0.05) is 43.8 Å². The number of nitrogens with zero attached hydrogens (tertiary/aromatic N) is 2. The molecular formula is C15H25N3O. The van der Waals surface area contributed by atoms with Gasteiger partial charge in [0.1, 0.15) is 5.82 Å². The third kappa shape index (κ3) is 2.43. The van der Waals surface area contributed by atoms with Gasteiger partial charge in [-0.25, -0.2) is 4.98 Å². The van der Waals surface area contributed by atoms with Crippen LogP contribution in [0.25, 0.3) is 0 Å². The van der Waals surface area contributed by atoms with Crippen LogP contribution in [0.4, 0.5) is 0 Å². The van der Waals surface area contributed by atoms with Crippen molar-refractivity contribution in [1.29, 1.82) is 0 Å². The molecule has 3 rings (SSSR count). The van der Waals surface area contributed by atoms with Gasteiger partial charge in [0.15, 0.2) is 0 Å². The molecule has 19 heavy (non-hydrogen) atoms. The van der Waals surface area contributed by atoms with Crippen LogP contribution >= 0.6 is 0 Å². The number of nitrogens with one attached hydrogen (secondary N) is 1. The normalized spacial score (nSPS) is 27.6. The fourth-order valence-electron chi connectivity index (χ4n) is 3.38. The molecule has 4 heteroatoms. The summed E-state index contributed by atoms with van der Waals surface area (Å²) in [6, 6.07) is 0.579. The minimum Gasteiger partial charge on any atom is -0.378 e. The predicted molar refractivity (Wildman–Crippen MR) is 75.4 cm³/mol. The van der Waals surface area contributed by atoms with Gasteiger partial charge in [0.2, 0.25) is 0 Å². The molecule has 4 nitrogen and oxygen atoms in total. The van der Waals surface area contributed by atoms with E-state index in [-0.39, 0.29) is 0 Å². The van der Waals surface area contributed by atoms with E-state index < -0.39 is 0 Å². The van der Waals surface area contributed by atoms with Gasteiger partial charge in [-0.2, -0.15) is 0 Å². The van der Waals surface area contributed by atoms with Gasteiger partial charge in [0.25, 0.3) is 0 Å². The Kier molecular flexibility index (Phi) is 3.63. The van der Waals surface area contributed by atoms with Crippen LogP contribution in [0.5, 0.6) is 0 Å². The summed E-state index contributed by atoms with van der Waals surface area (Å²) in [6.45, 7) is 9.58. The Labute approximate surface area is 115 Å². The largest absolute Gasteiger partial charge is 0.378 e. The van der Waals surface area contributed by atoms with E-state index in [9.17, 15) is 0 Å². The number of hydrogen-bond donors (Lipinski definition) is 1. The average molecular weight is 263 g/mol. The van der Waals surface area contributed by atoms with Crippen molar-refractivity contribution in [3.63, 3.8) is 0 Å². The number of imidazole rings is 1. The highest BCUT2D eigenvalue weighted by atomic mass is 16.5. The van der Waals surface area contributed by atoms with Crippen LogP contribution in [0.1, 0.15) is 62.8 Å². The maximum Gasteiger partial charge on any atom is 0.112 e. The molecular weight excluding hydrogens is 238 g/mol. The van der Waals surface area contributed by atoms with E-state index in [0.29, 0.717) is 18.1 Å². The molecule has 0 amide bonds. The van der Waals surface area contributed by atoms with Crippen LogP contribution in [0.3, 0.4) is 0 Å². The summed E-state index contributed by atoms with van der Waals surface area (Å²) in [6.07, 6.45) is 3.73. The molecule has 2 aliphatic rings. The minimum atomic E-state index is 0.374. The number of ether oxygens (including phenoxy) is 1. The predicted octanol–water partition coefficient (Wildman–Crippen LogP) is 2.39. The molecule has 2 unspecified atom stereocenters. The molecule has 0 spiro atoms. The first kappa shape index (κ1) is 13.1. The summed E-state index contributed by atoms with van der Waals surface area (Å²) in [5.74, 6) is 1.76. The summed E-state index contributed by atoms with van der Waals surface area (Å²) in [4.78, 5) is 4.91. The van der Waals surface area contributed by atoms with Gasteiger partial charge in [-0.15, -0.1) is 0 Å². The Hall–Kier alpha value is -0.870. The van der Waals surface area contributed by atoms with Crippen molar-refractivity contribution in [2.45, 2.75) is 64.6 Å². The summed E-state index contributed by atoms with van der Waals surface area (Å²) in [5.41, 5.74) is 2.75. The Morgan fingerprint density at radius 2 is 2.26 bits per heavy atom. The highest BCUT2D eigenvalue weighted by Crippen LogP contribution is 2.32. The molecule has 1 N–H and O–H groups in total. The van der Waals surface area contributed by atoms with E-state index in [4.69, 9.17) is 9.72 Å². The average Bonchev–Trinajstić information content (AvgIpc) is 2.78. The highest BCUT2D eigenvalue weighted by Gasteiger charge is 2.29. The third-order valence-corrected chi connectivity index (χ3v) is 4.29. The molecule has 1 fully saturated rings. The lowest BCUT2D eigenvalue weighted by atomic mass is 10.0. The second-order valence-corrected chi connectivity index (χ2v) is 6.17. The van der Waals surface area contributed by atoms with Crippen molar-refractivity contribution in [3.8, 4) is 0 Å². The van der Waals surface area contributed by atoms with E-state index in [1.807, 2.05) is 0 Å². The van der Waals surface area contributed by atoms with Crippen molar-refractivity contribution in [3.05, 3.63) is 17.2 Å². The standard InChI is InChI=1S/C15H25N3O/c1-10(2)15-17-13-9-16-6-4-14(13)18(15)12-5-7-19-11(3)8-12/h10-12,16H,4-9H2,1-3H3. The second-order valence-electron chi connectivity index (χ2n) is 6.17. The van der Waals surface area contributed by atoms with Gasteiger partial charge in [-0.05, 0) is 19.8 Å². The van der Waals surface area contributed by atoms with Crippen LogP contribution < -0.4 is 5.32 Å². The van der Waals surface area contributed by atoms with Crippen molar-refractivity contribution >= 4 is 0 Å². The zero-order chi connectivity index (χ0) is 13.4. The Bertz CT molecular complexity index is 452. The number of hydrogen-bond acceptors (Lipinski definition) is 3. The van der Waals surface area contributed by atoms with Crippen molar-refractivity contribution in [1.82, 2.24) is 14.9 Å². The van der Waals surface area contributed by atoms with Crippen LogP contribution in [-0.2, 0) is 17.7 Å². The summed E-state index contributed by atoms with van der Waals surface area (Å²) >= 11 is 0. The van der Waals surface area contributed by atoms with Crippen molar-refractivity contribution in [2.75, 3.05) is 13.2 Å². The second kappa shape index (κ2) is 5.25. The molecule has 1 saturated heterocycles. The Morgan fingerprint density at radius 1 is 1.42 bits per heavy atom. The molecule has 1 aromatic rings. The summed E-state index contributed by atoms with van der Waals surface area (Å²) in [7, 11) is 0. The van der Waals surface area contributed by atoms with Gasteiger partial charge in [0.05, 0.1) is 11.8 Å². The van der Waals surface area contributed by atoms with E-state index in [0.717, 1.165) is 39.0 Å². The third-order valence-electron chi connectivity index (χ3n) is 4.29. The maximum atomic E-state index is 5.70. The van der Waals surface area contributed by atoms with Crippen LogP contribution in [-0.4, -0.2) is 28.8 Å². The molecule has 3 heterocycles. The van der Waals surface area contributed by atoms with Crippen LogP contribution in [0.2, 0.25) is 0 Å². The monoisotopic (exact) mass is 263 g/mol. The van der Waals surface area contributed by atoms with Gasteiger partial charge >= 0.3 is 0 Å². The molecule has 0 radical (unpaired) electrons. The van der Waals surface area contributed by atoms with Gasteiger partial charge in [-0.1, -0.05) is 13.8 Å². The molecule has 106 valence electrons. The summed E-state index contributed by atoms with van der Waals surface area (Å²) < 4.78 is 8.26. The smallest absolute Gasteiger partial charge is 0.112 e. The SMILES string of the molecule is CC1CC(n2c(C(C)C)nc3c2CCNC3)CCO1. The van der Waals surface area contributed by atoms with E-state index >= 15 is 0 Å². The number of rotatable bonds is 2. The first-order valence-electron chi connectivity index (χ1n) is 7.59. The highest BCUT2D eigenvalue weighted by molar-refractivity contribution is 5.23. The minimum absolute atomic E-state index is 0.374. The molecule has 0 aliphatic carbocycles. The number of fused-ring (bicyclic) bond motifs is 1. The first-order chi connectivity index (χ1) is 9.16. The molecule has 0 aromatic carbocycles. The number of aromatic nitrogens is 2. The fraction of sp³-hybridized carbons (Fsp3) is 0.800. The quantitative estimate of drug-likeness (QED) is 0.890. The van der Waals surface area contributed by atoms with Gasteiger partial charge < -0.3 is 14.6 Å². The molecule has 2 aliphatic heterocycles. The maximum absolute atomic E-state index is 5.70. The lowest BCUT2D eigenvalue weighted by Gasteiger charge is -2.32. The fourth-order valence-corrected chi connectivity index (χ4v) is 3.38. The van der Waals surface area contributed by atoms with Crippen molar-refractivity contribution < 1.29 is 4.74 Å². The zero-order valence-electron chi connectivity index (χ0n) is 12.3. The molecule has 0 bridgehead atoms. The molecule has 2 atom stereocenters. The lowest BCUT2D eigenvalue weighted by molar-refractivity contribution is 0.00475. The molecule has 0 saturated carbocycles. The van der Waals surface area contributed by atoms with E-state index in [1.165, 1.54) is 17.2 Å².